The number of rotatable bonds is 4. The molecule has 0 N–H and O–H groups in total. The van der Waals surface area contributed by atoms with Gasteiger partial charge in [0.05, 0.1) is 5.39 Å². The molecule has 0 spiro atoms. The zero-order valence-corrected chi connectivity index (χ0v) is 14.0. The van der Waals surface area contributed by atoms with E-state index >= 15 is 0 Å². The number of fused-ring (bicyclic) bond motifs is 1. The molecule has 2 nitrogen and oxygen atoms in total. The number of aromatic nitrogens is 2. The van der Waals surface area contributed by atoms with Crippen LogP contribution in [0.3, 0.4) is 0 Å². The number of hydrogen-bond donors (Lipinski definition) is 0. The van der Waals surface area contributed by atoms with Crippen molar-refractivity contribution in [3.05, 3.63) is 64.4 Å². The molecular weight excluding hydrogens is 328 g/mol. The highest BCUT2D eigenvalue weighted by Crippen LogP contribution is 2.38. The first-order chi connectivity index (χ1) is 10.9. The lowest BCUT2D eigenvalue weighted by atomic mass is 10.1. The largest absolute Gasteiger partial charge is 0.229 e. The van der Waals surface area contributed by atoms with Gasteiger partial charge in [-0.25, -0.2) is 9.97 Å². The molecule has 0 aliphatic heterocycles. The molecule has 108 valence electrons. The van der Waals surface area contributed by atoms with Gasteiger partial charge in [-0.15, -0.1) is 34.4 Å². The molecule has 0 unspecified atom stereocenters. The first-order valence-corrected chi connectivity index (χ1v) is 9.59. The summed E-state index contributed by atoms with van der Waals surface area (Å²) in [5, 5.41) is 6.55. The summed E-state index contributed by atoms with van der Waals surface area (Å²) in [4.78, 5) is 11.4. The van der Waals surface area contributed by atoms with Crippen molar-refractivity contribution in [1.82, 2.24) is 9.97 Å². The molecular formula is C17H12N2S3. The zero-order chi connectivity index (χ0) is 14.8. The summed E-state index contributed by atoms with van der Waals surface area (Å²) < 4.78 is 0. The van der Waals surface area contributed by atoms with Crippen LogP contribution in [0.5, 0.6) is 0 Å². The van der Waals surface area contributed by atoms with E-state index in [9.17, 15) is 0 Å². The maximum atomic E-state index is 4.53. The van der Waals surface area contributed by atoms with Crippen molar-refractivity contribution in [2.24, 2.45) is 0 Å². The molecule has 0 atom stereocenters. The van der Waals surface area contributed by atoms with E-state index in [4.69, 9.17) is 0 Å². The molecule has 1 aromatic carbocycles. The molecule has 4 aromatic rings. The Morgan fingerprint density at radius 2 is 1.86 bits per heavy atom. The summed E-state index contributed by atoms with van der Waals surface area (Å²) >= 11 is 5.26. The van der Waals surface area contributed by atoms with Crippen LogP contribution in [0.1, 0.15) is 4.88 Å². The van der Waals surface area contributed by atoms with Crippen LogP contribution in [0.15, 0.2) is 64.6 Å². The minimum atomic E-state index is 0.952. The maximum Gasteiger partial charge on any atom is 0.128 e. The van der Waals surface area contributed by atoms with Crippen molar-refractivity contribution < 1.29 is 0 Å². The highest BCUT2D eigenvalue weighted by Gasteiger charge is 2.13. The van der Waals surface area contributed by atoms with Crippen molar-refractivity contribution in [3.63, 3.8) is 0 Å². The van der Waals surface area contributed by atoms with Crippen LogP contribution in [-0.2, 0) is 5.75 Å². The molecule has 0 fully saturated rings. The van der Waals surface area contributed by atoms with Gasteiger partial charge < -0.3 is 0 Å². The Hall–Kier alpha value is -1.69. The third kappa shape index (κ3) is 2.67. The van der Waals surface area contributed by atoms with Gasteiger partial charge in [-0.1, -0.05) is 36.4 Å². The smallest absolute Gasteiger partial charge is 0.128 e. The van der Waals surface area contributed by atoms with E-state index in [1.165, 1.54) is 21.4 Å². The SMILES string of the molecule is c1ccc(-c2csc3ncnc(SCc4cccs4)c23)cc1. The van der Waals surface area contributed by atoms with Crippen molar-refractivity contribution in [2.45, 2.75) is 10.8 Å². The van der Waals surface area contributed by atoms with Crippen LogP contribution in [0.25, 0.3) is 21.3 Å². The summed E-state index contributed by atoms with van der Waals surface area (Å²) in [6.07, 6.45) is 1.67. The molecule has 0 bridgehead atoms. The van der Waals surface area contributed by atoms with Crippen molar-refractivity contribution >= 4 is 44.7 Å². The summed E-state index contributed by atoms with van der Waals surface area (Å²) in [7, 11) is 0. The lowest BCUT2D eigenvalue weighted by Gasteiger charge is -2.04. The number of hydrogen-bond acceptors (Lipinski definition) is 5. The van der Waals surface area contributed by atoms with Gasteiger partial charge in [-0.2, -0.15) is 0 Å². The van der Waals surface area contributed by atoms with E-state index in [1.54, 1.807) is 40.8 Å². The van der Waals surface area contributed by atoms with Gasteiger partial charge in [0.2, 0.25) is 0 Å². The van der Waals surface area contributed by atoms with E-state index in [1.807, 2.05) is 6.07 Å². The number of nitrogens with zero attached hydrogens (tertiary/aromatic N) is 2. The Morgan fingerprint density at radius 3 is 2.68 bits per heavy atom. The van der Waals surface area contributed by atoms with Crippen molar-refractivity contribution in [1.29, 1.82) is 0 Å². The average molecular weight is 340 g/mol. The fourth-order valence-electron chi connectivity index (χ4n) is 2.32. The molecule has 0 radical (unpaired) electrons. The van der Waals surface area contributed by atoms with E-state index < -0.39 is 0 Å². The minimum Gasteiger partial charge on any atom is -0.229 e. The van der Waals surface area contributed by atoms with Gasteiger partial charge in [-0.3, -0.25) is 0 Å². The fourth-order valence-corrected chi connectivity index (χ4v) is 5.09. The molecule has 3 heterocycles. The predicted octanol–water partition coefficient (Wildman–Crippen LogP) is 5.71. The van der Waals surface area contributed by atoms with Crippen LogP contribution in [0.4, 0.5) is 0 Å². The Kier molecular flexibility index (Phi) is 3.93. The third-order valence-corrected chi connectivity index (χ3v) is 6.34. The van der Waals surface area contributed by atoms with Crippen LogP contribution in [0.2, 0.25) is 0 Å². The lowest BCUT2D eigenvalue weighted by molar-refractivity contribution is 1.11. The quantitative estimate of drug-likeness (QED) is 0.351. The molecule has 3 aromatic heterocycles. The fraction of sp³-hybridized carbons (Fsp3) is 0.0588. The van der Waals surface area contributed by atoms with Crippen LogP contribution in [0, 0.1) is 0 Å². The van der Waals surface area contributed by atoms with E-state index in [-0.39, 0.29) is 0 Å². The third-order valence-electron chi connectivity index (χ3n) is 3.35. The molecule has 0 saturated heterocycles. The first kappa shape index (κ1) is 13.9. The summed E-state index contributed by atoms with van der Waals surface area (Å²) in [6, 6.07) is 14.7. The molecule has 0 aliphatic carbocycles. The van der Waals surface area contributed by atoms with Crippen molar-refractivity contribution in [2.75, 3.05) is 0 Å². The predicted molar refractivity (Wildman–Crippen MR) is 96.7 cm³/mol. The molecule has 5 heteroatoms. The van der Waals surface area contributed by atoms with Gasteiger partial charge >= 0.3 is 0 Å². The lowest BCUT2D eigenvalue weighted by Crippen LogP contribution is -1.86. The van der Waals surface area contributed by atoms with E-state index in [2.05, 4.69) is 57.1 Å². The Labute approximate surface area is 140 Å². The topological polar surface area (TPSA) is 25.8 Å². The standard InChI is InChI=1S/C17H12N2S3/c1-2-5-12(6-3-1)14-10-22-17-15(14)16(18-11-19-17)21-9-13-7-4-8-20-13/h1-8,10-11H,9H2. The van der Waals surface area contributed by atoms with Crippen molar-refractivity contribution in [3.8, 4) is 11.1 Å². The number of thiophene rings is 2. The normalized spacial score (nSPS) is 11.1. The Balaban J connectivity index is 1.76. The summed E-state index contributed by atoms with van der Waals surface area (Å²) in [5.74, 6) is 0.952. The van der Waals surface area contributed by atoms with Crippen LogP contribution >= 0.6 is 34.4 Å². The second-order valence-electron chi connectivity index (χ2n) is 4.74. The Bertz CT molecular complexity index is 883. The molecule has 4 rings (SSSR count). The molecule has 0 aliphatic rings. The van der Waals surface area contributed by atoms with Gasteiger partial charge in [0.25, 0.3) is 0 Å². The zero-order valence-electron chi connectivity index (χ0n) is 11.6. The van der Waals surface area contributed by atoms with Gasteiger partial charge in [0, 0.05) is 21.6 Å². The second-order valence-corrected chi connectivity index (χ2v) is 7.60. The molecule has 0 saturated carbocycles. The van der Waals surface area contributed by atoms with Gasteiger partial charge in [-0.05, 0) is 17.0 Å². The average Bonchev–Trinajstić information content (AvgIpc) is 3.23. The minimum absolute atomic E-state index is 0.952. The second kappa shape index (κ2) is 6.20. The maximum absolute atomic E-state index is 4.53. The summed E-state index contributed by atoms with van der Waals surface area (Å²) in [6.45, 7) is 0. The highest BCUT2D eigenvalue weighted by molar-refractivity contribution is 7.98. The molecule has 22 heavy (non-hydrogen) atoms. The van der Waals surface area contributed by atoms with Crippen LogP contribution < -0.4 is 0 Å². The summed E-state index contributed by atoms with van der Waals surface area (Å²) in [5.41, 5.74) is 2.46. The van der Waals surface area contributed by atoms with Gasteiger partial charge in [0.15, 0.2) is 0 Å². The highest BCUT2D eigenvalue weighted by atomic mass is 32.2. The first-order valence-electron chi connectivity index (χ1n) is 6.84. The Morgan fingerprint density at radius 1 is 0.955 bits per heavy atom. The monoisotopic (exact) mass is 340 g/mol. The number of thioether (sulfide) groups is 1. The van der Waals surface area contributed by atoms with Crippen LogP contribution in [-0.4, -0.2) is 9.97 Å². The van der Waals surface area contributed by atoms with E-state index in [0.29, 0.717) is 0 Å². The number of benzene rings is 1. The van der Waals surface area contributed by atoms with Gasteiger partial charge in [0.1, 0.15) is 16.2 Å². The molecule has 0 amide bonds. The van der Waals surface area contributed by atoms with E-state index in [0.717, 1.165) is 15.6 Å².